The van der Waals surface area contributed by atoms with Gasteiger partial charge in [0.1, 0.15) is 11.3 Å². The van der Waals surface area contributed by atoms with Crippen LogP contribution in [0.4, 0.5) is 0 Å². The van der Waals surface area contributed by atoms with Crippen molar-refractivity contribution in [3.8, 4) is 5.75 Å². The summed E-state index contributed by atoms with van der Waals surface area (Å²) in [5.41, 5.74) is 0.769. The Labute approximate surface area is 134 Å². The van der Waals surface area contributed by atoms with E-state index in [0.29, 0.717) is 0 Å². The van der Waals surface area contributed by atoms with Gasteiger partial charge in [0.25, 0.3) is 0 Å². The maximum atomic E-state index is 10.4. The van der Waals surface area contributed by atoms with Crippen LogP contribution >= 0.6 is 0 Å². The van der Waals surface area contributed by atoms with Gasteiger partial charge in [0.2, 0.25) is 0 Å². The van der Waals surface area contributed by atoms with Crippen molar-refractivity contribution in [1.29, 1.82) is 0 Å². The number of phenols is 1. The van der Waals surface area contributed by atoms with Crippen molar-refractivity contribution in [3.05, 3.63) is 29.3 Å². The summed E-state index contributed by atoms with van der Waals surface area (Å²) in [6.07, 6.45) is 8.91. The number of aromatic hydroxyl groups is 1. The number of unbranched alkanes of at least 4 members (excludes halogenated alkanes) is 2. The van der Waals surface area contributed by atoms with Gasteiger partial charge in [-0.2, -0.15) is 0 Å². The SMILES string of the molecule is CCCCCC1CC1.Cc1ccc(O)c(C(=O)O)c1.[Zn]. The van der Waals surface area contributed by atoms with Gasteiger partial charge in [-0.25, -0.2) is 4.79 Å². The molecule has 0 aromatic heterocycles. The van der Waals surface area contributed by atoms with Crippen LogP contribution in [0, 0.1) is 12.8 Å². The number of carboxylic acid groups (broad SMARTS) is 1. The van der Waals surface area contributed by atoms with Gasteiger partial charge < -0.3 is 10.2 Å². The molecule has 108 valence electrons. The Morgan fingerprint density at radius 2 is 1.95 bits per heavy atom. The summed E-state index contributed by atoms with van der Waals surface area (Å²) in [5, 5.41) is 17.6. The molecule has 1 aromatic rings. The number of hydrogen-bond donors (Lipinski definition) is 2. The zero-order valence-corrected chi connectivity index (χ0v) is 15.5. The summed E-state index contributed by atoms with van der Waals surface area (Å²) >= 11 is 0. The first-order valence-electron chi connectivity index (χ1n) is 7.07. The Balaban J connectivity index is 0.000000359. The van der Waals surface area contributed by atoms with Gasteiger partial charge in [-0.05, 0) is 25.0 Å². The van der Waals surface area contributed by atoms with Gasteiger partial charge in [-0.15, -0.1) is 0 Å². The van der Waals surface area contributed by atoms with E-state index in [1.165, 1.54) is 50.7 Å². The van der Waals surface area contributed by atoms with E-state index in [1.54, 1.807) is 13.0 Å². The van der Waals surface area contributed by atoms with Crippen LogP contribution < -0.4 is 0 Å². The molecule has 2 rings (SSSR count). The Kier molecular flexibility index (Phi) is 9.49. The topological polar surface area (TPSA) is 57.5 Å². The molecule has 20 heavy (non-hydrogen) atoms. The van der Waals surface area contributed by atoms with Gasteiger partial charge in [0.15, 0.2) is 0 Å². The summed E-state index contributed by atoms with van der Waals surface area (Å²) < 4.78 is 0. The molecule has 2 N–H and O–H groups in total. The van der Waals surface area contributed by atoms with Crippen LogP contribution in [-0.2, 0) is 19.5 Å². The van der Waals surface area contributed by atoms with Crippen LogP contribution in [0.15, 0.2) is 18.2 Å². The number of aryl methyl sites for hydroxylation is 1. The Morgan fingerprint density at radius 3 is 2.40 bits per heavy atom. The third-order valence-electron chi connectivity index (χ3n) is 3.30. The predicted octanol–water partition coefficient (Wildman–Crippen LogP) is 4.37. The molecule has 1 aliphatic rings. The number of rotatable bonds is 5. The zero-order valence-electron chi connectivity index (χ0n) is 12.6. The van der Waals surface area contributed by atoms with Crippen LogP contribution in [0.25, 0.3) is 0 Å². The minimum atomic E-state index is -1.11. The van der Waals surface area contributed by atoms with Crippen molar-refractivity contribution in [2.24, 2.45) is 5.92 Å². The Hall–Kier alpha value is -0.887. The van der Waals surface area contributed by atoms with Gasteiger partial charge in [-0.3, -0.25) is 0 Å². The fraction of sp³-hybridized carbons (Fsp3) is 0.562. The second kappa shape index (κ2) is 9.93. The summed E-state index contributed by atoms with van der Waals surface area (Å²) in [6.45, 7) is 4.04. The first kappa shape index (κ1) is 19.1. The van der Waals surface area contributed by atoms with E-state index in [-0.39, 0.29) is 30.8 Å². The summed E-state index contributed by atoms with van der Waals surface area (Å²) in [7, 11) is 0. The molecule has 0 bridgehead atoms. The van der Waals surface area contributed by atoms with Crippen molar-refractivity contribution in [1.82, 2.24) is 0 Å². The molecule has 0 heterocycles. The van der Waals surface area contributed by atoms with Crippen LogP contribution in [0.5, 0.6) is 5.75 Å². The van der Waals surface area contributed by atoms with Crippen LogP contribution in [0.1, 0.15) is 61.4 Å². The number of hydrogen-bond acceptors (Lipinski definition) is 2. The molecular weight excluding hydrogens is 306 g/mol. The molecule has 0 unspecified atom stereocenters. The van der Waals surface area contributed by atoms with Gasteiger partial charge in [0, 0.05) is 19.5 Å². The molecule has 0 spiro atoms. The molecule has 1 fully saturated rings. The molecule has 1 saturated carbocycles. The normalized spacial score (nSPS) is 12.9. The van der Waals surface area contributed by atoms with Crippen LogP contribution in [0.2, 0.25) is 0 Å². The van der Waals surface area contributed by atoms with Crippen molar-refractivity contribution >= 4 is 5.97 Å². The molecule has 0 aliphatic heterocycles. The maximum absolute atomic E-state index is 10.4. The van der Waals surface area contributed by atoms with E-state index in [0.717, 1.165) is 11.5 Å². The second-order valence-corrected chi connectivity index (χ2v) is 5.26. The number of aromatic carboxylic acids is 1. The molecule has 3 nitrogen and oxygen atoms in total. The molecule has 0 radical (unpaired) electrons. The van der Waals surface area contributed by atoms with Crippen molar-refractivity contribution in [3.63, 3.8) is 0 Å². The van der Waals surface area contributed by atoms with Crippen molar-refractivity contribution in [2.45, 2.75) is 52.4 Å². The maximum Gasteiger partial charge on any atom is 0.339 e. The first-order valence-corrected chi connectivity index (χ1v) is 7.07. The van der Waals surface area contributed by atoms with E-state index < -0.39 is 5.97 Å². The Morgan fingerprint density at radius 1 is 1.30 bits per heavy atom. The van der Waals surface area contributed by atoms with E-state index in [4.69, 9.17) is 10.2 Å². The van der Waals surface area contributed by atoms with E-state index in [2.05, 4.69) is 6.92 Å². The quantitative estimate of drug-likeness (QED) is 0.623. The Bertz CT molecular complexity index is 414. The van der Waals surface area contributed by atoms with Gasteiger partial charge >= 0.3 is 5.97 Å². The third-order valence-corrected chi connectivity index (χ3v) is 3.30. The second-order valence-electron chi connectivity index (χ2n) is 5.26. The van der Waals surface area contributed by atoms with Gasteiger partial charge in [0.05, 0.1) is 0 Å². The minimum absolute atomic E-state index is 0. The molecule has 1 aromatic carbocycles. The smallest absolute Gasteiger partial charge is 0.339 e. The average molecular weight is 330 g/mol. The van der Waals surface area contributed by atoms with Crippen molar-refractivity contribution < 1.29 is 34.5 Å². The van der Waals surface area contributed by atoms with Crippen LogP contribution in [0.3, 0.4) is 0 Å². The minimum Gasteiger partial charge on any atom is -0.507 e. The third kappa shape index (κ3) is 7.64. The largest absolute Gasteiger partial charge is 0.507 e. The molecule has 0 amide bonds. The van der Waals surface area contributed by atoms with E-state index in [1.807, 2.05) is 0 Å². The number of benzene rings is 1. The molecule has 0 atom stereocenters. The fourth-order valence-corrected chi connectivity index (χ4v) is 1.91. The predicted molar refractivity (Wildman–Crippen MR) is 76.7 cm³/mol. The molecule has 4 heteroatoms. The summed E-state index contributed by atoms with van der Waals surface area (Å²) in [5.74, 6) is -0.143. The molecule has 0 saturated heterocycles. The molecular formula is C16H24O3Zn. The first-order chi connectivity index (χ1) is 9.04. The standard InChI is InChI=1S/C8H8O3.C8H16.Zn/c1-5-2-3-7(9)6(4-5)8(10)11;1-2-3-4-5-8-6-7-8;/h2-4,9H,1H3,(H,10,11);8H,2-7H2,1H3;. The number of carbonyl (C=O) groups is 1. The molecule has 1 aliphatic carbocycles. The van der Waals surface area contributed by atoms with Crippen molar-refractivity contribution in [2.75, 3.05) is 0 Å². The fourth-order valence-electron chi connectivity index (χ4n) is 1.91. The average Bonchev–Trinajstić information content (AvgIpc) is 3.17. The zero-order chi connectivity index (χ0) is 14.3. The van der Waals surface area contributed by atoms with Gasteiger partial charge in [-0.1, -0.05) is 57.1 Å². The monoisotopic (exact) mass is 328 g/mol. The summed E-state index contributed by atoms with van der Waals surface area (Å²) in [6, 6.07) is 4.46. The number of carboxylic acids is 1. The van der Waals surface area contributed by atoms with E-state index in [9.17, 15) is 4.79 Å². The summed E-state index contributed by atoms with van der Waals surface area (Å²) in [4.78, 5) is 10.4. The van der Waals surface area contributed by atoms with Crippen LogP contribution in [-0.4, -0.2) is 16.2 Å². The van der Waals surface area contributed by atoms with E-state index >= 15 is 0 Å².